The molecule has 0 saturated carbocycles. The molecule has 0 aliphatic rings. The van der Waals surface area contributed by atoms with Crippen LogP contribution in [0.15, 0.2) is 51.7 Å². The van der Waals surface area contributed by atoms with E-state index < -0.39 is 5.63 Å². The second-order valence-electron chi connectivity index (χ2n) is 6.35. The molecule has 1 amide bonds. The van der Waals surface area contributed by atoms with Crippen molar-refractivity contribution >= 4 is 16.9 Å². The van der Waals surface area contributed by atoms with Crippen LogP contribution in [-0.2, 0) is 17.8 Å². The average molecular weight is 351 g/mol. The zero-order valence-corrected chi connectivity index (χ0v) is 15.1. The number of fused-ring (bicyclic) bond motifs is 1. The summed E-state index contributed by atoms with van der Waals surface area (Å²) in [4.78, 5) is 24.1. The summed E-state index contributed by atoms with van der Waals surface area (Å²) in [5.41, 5.74) is 3.79. The SMILES string of the molecule is COc1ccc(CC(=O)NCc2cc(=O)oc3c(C)cc(C)cc23)cc1. The molecule has 0 spiro atoms. The summed E-state index contributed by atoms with van der Waals surface area (Å²) in [5, 5.41) is 3.74. The number of rotatable bonds is 5. The molecule has 0 atom stereocenters. The lowest BCUT2D eigenvalue weighted by Gasteiger charge is -2.10. The molecule has 134 valence electrons. The Balaban J connectivity index is 1.76. The predicted octanol–water partition coefficient (Wildman–Crippen LogP) is 3.28. The van der Waals surface area contributed by atoms with Crippen LogP contribution in [0.4, 0.5) is 0 Å². The van der Waals surface area contributed by atoms with Crippen LogP contribution in [0.1, 0.15) is 22.3 Å². The minimum absolute atomic E-state index is 0.110. The number of hydrogen-bond donors (Lipinski definition) is 1. The van der Waals surface area contributed by atoms with Gasteiger partial charge in [0.15, 0.2) is 0 Å². The van der Waals surface area contributed by atoms with Gasteiger partial charge in [-0.15, -0.1) is 0 Å². The summed E-state index contributed by atoms with van der Waals surface area (Å²) in [6.45, 7) is 4.17. The van der Waals surface area contributed by atoms with Crippen molar-refractivity contribution in [3.8, 4) is 5.75 Å². The molecular weight excluding hydrogens is 330 g/mol. The maximum Gasteiger partial charge on any atom is 0.336 e. The van der Waals surface area contributed by atoms with Crippen molar-refractivity contribution in [3.63, 3.8) is 0 Å². The van der Waals surface area contributed by atoms with Crippen LogP contribution in [0.5, 0.6) is 5.75 Å². The normalized spacial score (nSPS) is 10.7. The molecule has 0 bridgehead atoms. The number of carbonyl (C=O) groups is 1. The van der Waals surface area contributed by atoms with Gasteiger partial charge in [-0.2, -0.15) is 0 Å². The molecule has 1 heterocycles. The van der Waals surface area contributed by atoms with Gasteiger partial charge in [0, 0.05) is 18.0 Å². The number of aryl methyl sites for hydroxylation is 2. The number of carbonyl (C=O) groups excluding carboxylic acids is 1. The molecule has 0 fully saturated rings. The van der Waals surface area contributed by atoms with E-state index in [2.05, 4.69) is 5.32 Å². The van der Waals surface area contributed by atoms with Crippen LogP contribution in [-0.4, -0.2) is 13.0 Å². The third-order valence-corrected chi connectivity index (χ3v) is 4.26. The third-order valence-electron chi connectivity index (χ3n) is 4.26. The lowest BCUT2D eigenvalue weighted by molar-refractivity contribution is -0.120. The van der Waals surface area contributed by atoms with Crippen molar-refractivity contribution in [1.82, 2.24) is 5.32 Å². The van der Waals surface area contributed by atoms with E-state index in [4.69, 9.17) is 9.15 Å². The first-order valence-electron chi connectivity index (χ1n) is 8.40. The maximum absolute atomic E-state index is 12.3. The number of ether oxygens (including phenoxy) is 1. The van der Waals surface area contributed by atoms with E-state index >= 15 is 0 Å². The van der Waals surface area contributed by atoms with E-state index in [1.54, 1.807) is 7.11 Å². The summed E-state index contributed by atoms with van der Waals surface area (Å²) in [6.07, 6.45) is 0.265. The van der Waals surface area contributed by atoms with Crippen LogP contribution >= 0.6 is 0 Å². The number of amides is 1. The molecule has 5 nitrogen and oxygen atoms in total. The quantitative estimate of drug-likeness (QED) is 0.716. The monoisotopic (exact) mass is 351 g/mol. The van der Waals surface area contributed by atoms with E-state index in [0.717, 1.165) is 33.4 Å². The smallest absolute Gasteiger partial charge is 0.336 e. The molecule has 26 heavy (non-hydrogen) atoms. The topological polar surface area (TPSA) is 68.5 Å². The summed E-state index contributed by atoms with van der Waals surface area (Å²) >= 11 is 0. The molecule has 0 unspecified atom stereocenters. The van der Waals surface area contributed by atoms with Gasteiger partial charge >= 0.3 is 5.63 Å². The van der Waals surface area contributed by atoms with Crippen LogP contribution in [0, 0.1) is 13.8 Å². The molecule has 3 rings (SSSR count). The Morgan fingerprint density at radius 3 is 2.54 bits per heavy atom. The molecular formula is C21H21NO4. The van der Waals surface area contributed by atoms with Gasteiger partial charge in [-0.25, -0.2) is 4.79 Å². The lowest BCUT2D eigenvalue weighted by Crippen LogP contribution is -2.25. The van der Waals surface area contributed by atoms with Crippen molar-refractivity contribution < 1.29 is 13.9 Å². The Kier molecular flexibility index (Phi) is 5.07. The molecule has 2 aromatic carbocycles. The van der Waals surface area contributed by atoms with E-state index in [1.165, 1.54) is 6.07 Å². The molecule has 5 heteroatoms. The Hall–Kier alpha value is -3.08. The number of nitrogens with one attached hydrogen (secondary N) is 1. The molecule has 0 aliphatic heterocycles. The summed E-state index contributed by atoms with van der Waals surface area (Å²) in [5.74, 6) is 0.642. The zero-order valence-electron chi connectivity index (χ0n) is 15.1. The average Bonchev–Trinajstić information content (AvgIpc) is 2.61. The van der Waals surface area contributed by atoms with Crippen molar-refractivity contribution in [3.05, 3.63) is 75.1 Å². The van der Waals surface area contributed by atoms with Gasteiger partial charge in [-0.1, -0.05) is 18.2 Å². The maximum atomic E-state index is 12.3. The van der Waals surface area contributed by atoms with Crippen LogP contribution < -0.4 is 15.7 Å². The van der Waals surface area contributed by atoms with Gasteiger partial charge in [0.05, 0.1) is 13.5 Å². The summed E-state index contributed by atoms with van der Waals surface area (Å²) < 4.78 is 10.4. The molecule has 0 radical (unpaired) electrons. The Morgan fingerprint density at radius 1 is 1.12 bits per heavy atom. The van der Waals surface area contributed by atoms with E-state index in [1.807, 2.05) is 50.2 Å². The fourth-order valence-electron chi connectivity index (χ4n) is 3.01. The Morgan fingerprint density at radius 2 is 1.85 bits per heavy atom. The summed E-state index contributed by atoms with van der Waals surface area (Å²) in [6, 6.07) is 12.7. The number of methoxy groups -OCH3 is 1. The minimum atomic E-state index is -0.413. The molecule has 0 aliphatic carbocycles. The highest BCUT2D eigenvalue weighted by molar-refractivity contribution is 5.84. The first-order chi connectivity index (χ1) is 12.5. The first-order valence-corrected chi connectivity index (χ1v) is 8.40. The summed E-state index contributed by atoms with van der Waals surface area (Å²) in [7, 11) is 1.60. The van der Waals surface area contributed by atoms with E-state index in [0.29, 0.717) is 5.58 Å². The molecule has 3 aromatic rings. The lowest BCUT2D eigenvalue weighted by atomic mass is 10.0. The van der Waals surface area contributed by atoms with Crippen molar-refractivity contribution in [1.29, 1.82) is 0 Å². The van der Waals surface area contributed by atoms with Gasteiger partial charge in [-0.05, 0) is 54.3 Å². The van der Waals surface area contributed by atoms with Gasteiger partial charge in [0.1, 0.15) is 11.3 Å². The molecule has 1 N–H and O–H groups in total. The second kappa shape index (κ2) is 7.44. The van der Waals surface area contributed by atoms with Gasteiger partial charge in [-0.3, -0.25) is 4.79 Å². The third kappa shape index (κ3) is 3.94. The van der Waals surface area contributed by atoms with Crippen LogP contribution in [0.2, 0.25) is 0 Å². The van der Waals surface area contributed by atoms with Crippen molar-refractivity contribution in [2.24, 2.45) is 0 Å². The standard InChI is InChI=1S/C21H21NO4/c1-13-8-14(2)21-18(9-13)16(11-20(24)26-21)12-22-19(23)10-15-4-6-17(25-3)7-5-15/h4-9,11H,10,12H2,1-3H3,(H,22,23). The van der Waals surface area contributed by atoms with Crippen molar-refractivity contribution in [2.45, 2.75) is 26.8 Å². The largest absolute Gasteiger partial charge is 0.497 e. The van der Waals surface area contributed by atoms with Crippen LogP contribution in [0.25, 0.3) is 11.0 Å². The Labute approximate surface area is 151 Å². The van der Waals surface area contributed by atoms with Crippen LogP contribution in [0.3, 0.4) is 0 Å². The van der Waals surface area contributed by atoms with Gasteiger partial charge < -0.3 is 14.5 Å². The van der Waals surface area contributed by atoms with Crippen molar-refractivity contribution in [2.75, 3.05) is 7.11 Å². The van der Waals surface area contributed by atoms with E-state index in [9.17, 15) is 9.59 Å². The molecule has 1 aromatic heterocycles. The number of benzene rings is 2. The highest BCUT2D eigenvalue weighted by Crippen LogP contribution is 2.22. The first kappa shape index (κ1) is 17.7. The highest BCUT2D eigenvalue weighted by Gasteiger charge is 2.10. The fraction of sp³-hybridized carbons (Fsp3) is 0.238. The van der Waals surface area contributed by atoms with Gasteiger partial charge in [0.25, 0.3) is 0 Å². The second-order valence-corrected chi connectivity index (χ2v) is 6.35. The highest BCUT2D eigenvalue weighted by atomic mass is 16.5. The van der Waals surface area contributed by atoms with E-state index in [-0.39, 0.29) is 18.9 Å². The molecule has 0 saturated heterocycles. The predicted molar refractivity (Wildman–Crippen MR) is 101 cm³/mol. The fourth-order valence-corrected chi connectivity index (χ4v) is 3.01. The Bertz CT molecular complexity index is 1000. The van der Waals surface area contributed by atoms with Gasteiger partial charge in [0.2, 0.25) is 5.91 Å². The number of hydrogen-bond acceptors (Lipinski definition) is 4. The zero-order chi connectivity index (χ0) is 18.7. The minimum Gasteiger partial charge on any atom is -0.497 e.